The highest BCUT2D eigenvalue weighted by Crippen LogP contribution is 2.33. The van der Waals surface area contributed by atoms with E-state index in [9.17, 15) is 14.3 Å². The molecule has 1 amide bonds. The van der Waals surface area contributed by atoms with Gasteiger partial charge in [-0.3, -0.25) is 14.3 Å². The zero-order chi connectivity index (χ0) is 26.1. The fraction of sp³-hybridized carbons (Fsp3) is 0.320. The molecular weight excluding hydrogens is 481 g/mol. The van der Waals surface area contributed by atoms with E-state index >= 15 is 0 Å². The number of hydrogen-bond acceptors (Lipinski definition) is 9. The maximum atomic E-state index is 14.4. The number of rotatable bonds is 7. The first-order valence-electron chi connectivity index (χ1n) is 11.7. The van der Waals surface area contributed by atoms with Crippen LogP contribution in [0.5, 0.6) is 5.75 Å². The van der Waals surface area contributed by atoms with Gasteiger partial charge in [-0.15, -0.1) is 0 Å². The molecule has 0 radical (unpaired) electrons. The van der Waals surface area contributed by atoms with Gasteiger partial charge in [-0.2, -0.15) is 0 Å². The molecule has 0 aliphatic carbocycles. The molecule has 192 valence electrons. The van der Waals surface area contributed by atoms with E-state index in [1.807, 2.05) is 6.92 Å². The summed E-state index contributed by atoms with van der Waals surface area (Å²) in [4.78, 5) is 30.2. The van der Waals surface area contributed by atoms with Crippen molar-refractivity contribution in [2.45, 2.75) is 38.3 Å². The Balaban J connectivity index is 1.57. The molecule has 0 spiro atoms. The minimum Gasteiger partial charge on any atom is -0.495 e. The number of halogens is 1. The Morgan fingerprint density at radius 2 is 2.14 bits per heavy atom. The molecule has 37 heavy (non-hydrogen) atoms. The van der Waals surface area contributed by atoms with Crippen LogP contribution in [0.1, 0.15) is 23.8 Å². The van der Waals surface area contributed by atoms with Crippen molar-refractivity contribution in [3.63, 3.8) is 0 Å². The lowest BCUT2D eigenvalue weighted by Crippen LogP contribution is -2.38. The van der Waals surface area contributed by atoms with Crippen molar-refractivity contribution in [1.29, 1.82) is 0 Å². The summed E-state index contributed by atoms with van der Waals surface area (Å²) < 4.78 is 27.2. The van der Waals surface area contributed by atoms with E-state index in [0.29, 0.717) is 39.7 Å². The number of nitrogens with one attached hydrogen (secondary N) is 2. The summed E-state index contributed by atoms with van der Waals surface area (Å²) in [5, 5.41) is 16.1. The number of benzene rings is 1. The van der Waals surface area contributed by atoms with E-state index in [2.05, 4.69) is 25.6 Å². The molecule has 4 heterocycles. The second-order valence-corrected chi connectivity index (χ2v) is 8.71. The third kappa shape index (κ3) is 4.80. The molecule has 11 nitrogen and oxygen atoms in total. The van der Waals surface area contributed by atoms with Crippen molar-refractivity contribution >= 4 is 22.9 Å². The highest BCUT2D eigenvalue weighted by molar-refractivity contribution is 5.85. The number of ether oxygens (including phenoxy) is 2. The monoisotopic (exact) mass is 507 g/mol. The van der Waals surface area contributed by atoms with Gasteiger partial charge in [-0.1, -0.05) is 17.7 Å². The zero-order valence-electron chi connectivity index (χ0n) is 20.5. The SMILES string of the molecule is CNC(=O)[C@H]1O[C@@H](n2cnc3c(NCc4cc(C)ccc4F)nc(-c4cncc(OC)c4)nc32)C[C@@H]1O. The number of carbonyl (C=O) groups excluding carboxylic acids is 1. The van der Waals surface area contributed by atoms with Crippen molar-refractivity contribution in [1.82, 2.24) is 29.8 Å². The van der Waals surface area contributed by atoms with Crippen LogP contribution in [0.2, 0.25) is 0 Å². The Hall–Kier alpha value is -4.16. The van der Waals surface area contributed by atoms with Crippen LogP contribution in [0.3, 0.4) is 0 Å². The Labute approximate surface area is 211 Å². The summed E-state index contributed by atoms with van der Waals surface area (Å²) in [6.07, 6.45) is 2.17. The molecule has 1 fully saturated rings. The number of pyridine rings is 1. The predicted octanol–water partition coefficient (Wildman–Crippen LogP) is 2.35. The van der Waals surface area contributed by atoms with Gasteiger partial charge in [-0.25, -0.2) is 19.3 Å². The third-order valence-electron chi connectivity index (χ3n) is 6.19. The van der Waals surface area contributed by atoms with Gasteiger partial charge in [0.05, 0.1) is 25.7 Å². The Bertz CT molecular complexity index is 1460. The smallest absolute Gasteiger partial charge is 0.251 e. The normalized spacial score (nSPS) is 19.2. The quantitative estimate of drug-likeness (QED) is 0.344. The van der Waals surface area contributed by atoms with Crippen molar-refractivity contribution in [3.8, 4) is 17.1 Å². The van der Waals surface area contributed by atoms with Crippen LogP contribution < -0.4 is 15.4 Å². The maximum Gasteiger partial charge on any atom is 0.251 e. The van der Waals surface area contributed by atoms with E-state index in [1.165, 1.54) is 26.6 Å². The summed E-state index contributed by atoms with van der Waals surface area (Å²) in [5.41, 5.74) is 2.84. The van der Waals surface area contributed by atoms with Crippen molar-refractivity contribution in [2.24, 2.45) is 0 Å². The lowest BCUT2D eigenvalue weighted by atomic mass is 10.1. The van der Waals surface area contributed by atoms with E-state index in [1.54, 1.807) is 35.2 Å². The molecule has 5 rings (SSSR count). The van der Waals surface area contributed by atoms with Gasteiger partial charge in [0.15, 0.2) is 28.9 Å². The first-order valence-corrected chi connectivity index (χ1v) is 11.7. The fourth-order valence-corrected chi connectivity index (χ4v) is 4.25. The second-order valence-electron chi connectivity index (χ2n) is 8.71. The molecule has 1 aliphatic heterocycles. The van der Waals surface area contributed by atoms with Crippen LogP contribution in [-0.2, 0) is 16.1 Å². The molecule has 0 saturated carbocycles. The van der Waals surface area contributed by atoms with Crippen molar-refractivity contribution < 1.29 is 23.8 Å². The molecule has 3 aromatic heterocycles. The highest BCUT2D eigenvalue weighted by Gasteiger charge is 2.40. The highest BCUT2D eigenvalue weighted by atomic mass is 19.1. The second kappa shape index (κ2) is 10.1. The third-order valence-corrected chi connectivity index (χ3v) is 6.19. The van der Waals surface area contributed by atoms with Crippen molar-refractivity contribution in [2.75, 3.05) is 19.5 Å². The topological polar surface area (TPSA) is 136 Å². The number of amides is 1. The van der Waals surface area contributed by atoms with Crippen LogP contribution in [0.25, 0.3) is 22.6 Å². The average Bonchev–Trinajstić information content (AvgIpc) is 3.51. The van der Waals surface area contributed by atoms with E-state index < -0.39 is 24.3 Å². The predicted molar refractivity (Wildman–Crippen MR) is 132 cm³/mol. The van der Waals surface area contributed by atoms with Crippen LogP contribution in [0.4, 0.5) is 10.2 Å². The first-order chi connectivity index (χ1) is 17.9. The Morgan fingerprint density at radius 3 is 2.92 bits per heavy atom. The molecule has 1 saturated heterocycles. The van der Waals surface area contributed by atoms with Gasteiger partial charge >= 0.3 is 0 Å². The standard InChI is InChI=1S/C25H26FN7O4/c1-13-4-5-17(26)14(6-13)10-29-23-20-24(32-22(31-23)15-7-16(36-3)11-28-9-15)33(12-30-20)19-8-18(34)21(37-19)25(35)27-2/h4-7,9,11-12,18-19,21,34H,8,10H2,1-3H3,(H,27,35)(H,29,31,32)/t18-,19+,21-/m0/s1. The van der Waals surface area contributed by atoms with E-state index in [0.717, 1.165) is 5.56 Å². The molecule has 12 heteroatoms. The number of nitrogens with zero attached hydrogens (tertiary/aromatic N) is 5. The number of imidazole rings is 1. The number of carbonyl (C=O) groups is 1. The average molecular weight is 508 g/mol. The summed E-state index contributed by atoms with van der Waals surface area (Å²) in [5.74, 6) is 0.485. The number of hydrogen-bond donors (Lipinski definition) is 3. The molecule has 1 aromatic carbocycles. The number of likely N-dealkylation sites (N-methyl/N-ethyl adjacent to an activating group) is 1. The number of fused-ring (bicyclic) bond motifs is 1. The number of methoxy groups -OCH3 is 1. The lowest BCUT2D eigenvalue weighted by Gasteiger charge is -2.15. The summed E-state index contributed by atoms with van der Waals surface area (Å²) in [6, 6.07) is 6.64. The largest absolute Gasteiger partial charge is 0.495 e. The van der Waals surface area contributed by atoms with Crippen LogP contribution in [-0.4, -0.2) is 61.9 Å². The number of anilines is 1. The van der Waals surface area contributed by atoms with Crippen LogP contribution >= 0.6 is 0 Å². The number of aliphatic hydroxyl groups is 1. The maximum absolute atomic E-state index is 14.4. The van der Waals surface area contributed by atoms with Gasteiger partial charge in [0.1, 0.15) is 17.8 Å². The molecule has 3 N–H and O–H groups in total. The van der Waals surface area contributed by atoms with E-state index in [4.69, 9.17) is 14.5 Å². The molecule has 0 bridgehead atoms. The molecule has 3 atom stereocenters. The Kier molecular flexibility index (Phi) is 6.68. The Morgan fingerprint density at radius 1 is 1.30 bits per heavy atom. The summed E-state index contributed by atoms with van der Waals surface area (Å²) >= 11 is 0. The van der Waals surface area contributed by atoms with Gasteiger partial charge in [-0.05, 0) is 19.1 Å². The van der Waals surface area contributed by atoms with Crippen LogP contribution in [0.15, 0.2) is 43.0 Å². The number of aryl methyl sites for hydroxylation is 1. The molecular formula is C25H26FN7O4. The fourth-order valence-electron chi connectivity index (χ4n) is 4.25. The van der Waals surface area contributed by atoms with Gasteiger partial charge in [0, 0.05) is 37.3 Å². The van der Waals surface area contributed by atoms with Crippen LogP contribution in [0, 0.1) is 12.7 Å². The van der Waals surface area contributed by atoms with Gasteiger partial charge < -0.3 is 25.2 Å². The number of aliphatic hydroxyl groups excluding tert-OH is 1. The van der Waals surface area contributed by atoms with Crippen molar-refractivity contribution in [3.05, 3.63) is 59.9 Å². The summed E-state index contributed by atoms with van der Waals surface area (Å²) in [7, 11) is 3.02. The lowest BCUT2D eigenvalue weighted by molar-refractivity contribution is -0.137. The summed E-state index contributed by atoms with van der Waals surface area (Å²) in [6.45, 7) is 2.06. The van der Waals surface area contributed by atoms with Gasteiger partial charge in [0.25, 0.3) is 5.91 Å². The minimum atomic E-state index is -1.02. The van der Waals surface area contributed by atoms with E-state index in [-0.39, 0.29) is 18.8 Å². The molecule has 1 aliphatic rings. The minimum absolute atomic E-state index is 0.166. The molecule has 0 unspecified atom stereocenters. The molecule has 4 aromatic rings. The zero-order valence-corrected chi connectivity index (χ0v) is 20.5. The van der Waals surface area contributed by atoms with Gasteiger partial charge in [0.2, 0.25) is 0 Å². The number of aromatic nitrogens is 5. The first kappa shape index (κ1) is 24.5.